The molecule has 4 rings (SSSR count). The predicted octanol–water partition coefficient (Wildman–Crippen LogP) is 3.21. The lowest BCUT2D eigenvalue weighted by Gasteiger charge is -2.08. The van der Waals surface area contributed by atoms with Crippen LogP contribution in [0.4, 0.5) is 11.6 Å². The third kappa shape index (κ3) is 3.60. The summed E-state index contributed by atoms with van der Waals surface area (Å²) in [6, 6.07) is 11.0. The molecule has 1 atom stereocenters. The summed E-state index contributed by atoms with van der Waals surface area (Å²) in [7, 11) is 1.88. The number of benzene rings is 1. The molecule has 3 heterocycles. The quantitative estimate of drug-likeness (QED) is 0.474. The van der Waals surface area contributed by atoms with Gasteiger partial charge in [0.15, 0.2) is 0 Å². The Hall–Kier alpha value is -3.78. The van der Waals surface area contributed by atoms with E-state index in [2.05, 4.69) is 20.6 Å². The number of amides is 1. The number of anilines is 2. The molecule has 152 valence electrons. The number of fused-ring (bicyclic) bond motifs is 1. The Morgan fingerprint density at radius 2 is 1.90 bits per heavy atom. The molecule has 0 aliphatic heterocycles. The summed E-state index contributed by atoms with van der Waals surface area (Å²) in [6.07, 6.45) is 5.22. The number of carbonyl (C=O) groups is 1. The van der Waals surface area contributed by atoms with Gasteiger partial charge in [-0.3, -0.25) is 9.20 Å². The first-order valence-electron chi connectivity index (χ1n) is 9.62. The van der Waals surface area contributed by atoms with Gasteiger partial charge in [0.2, 0.25) is 0 Å². The van der Waals surface area contributed by atoms with Crippen molar-refractivity contribution in [1.29, 1.82) is 0 Å². The van der Waals surface area contributed by atoms with E-state index in [1.807, 2.05) is 49.7 Å². The topological polar surface area (TPSA) is 110 Å². The third-order valence-corrected chi connectivity index (χ3v) is 5.00. The second-order valence-corrected chi connectivity index (χ2v) is 7.11. The standard InChI is InChI=1S/C22H23N7O/c1-13-4-9-17(26-12-13)27-22(30)16-7-5-15(6-8-16)18-19-20(23)25-10-11-29(19)21(28-18)14(2)24-3/h4-12,14,24H,1-3H3,(H2,23,25)(H,26,27,30). The minimum Gasteiger partial charge on any atom is -0.382 e. The number of hydrogen-bond donors (Lipinski definition) is 3. The Balaban J connectivity index is 1.66. The molecule has 0 aliphatic rings. The molecule has 0 spiro atoms. The lowest BCUT2D eigenvalue weighted by atomic mass is 10.1. The predicted molar refractivity (Wildman–Crippen MR) is 117 cm³/mol. The van der Waals surface area contributed by atoms with Gasteiger partial charge in [-0.25, -0.2) is 15.0 Å². The SMILES string of the molecule is CNC(C)c1nc(-c2ccc(C(=O)Nc3ccc(C)cn3)cc2)c2c(N)nccn12. The van der Waals surface area contributed by atoms with Crippen LogP contribution in [-0.4, -0.2) is 32.3 Å². The molecule has 8 nitrogen and oxygen atoms in total. The highest BCUT2D eigenvalue weighted by Gasteiger charge is 2.19. The Kier molecular flexibility index (Phi) is 5.16. The number of nitrogens with two attached hydrogens (primary N) is 1. The fourth-order valence-electron chi connectivity index (χ4n) is 3.23. The molecule has 1 amide bonds. The summed E-state index contributed by atoms with van der Waals surface area (Å²) in [5, 5.41) is 6.01. The monoisotopic (exact) mass is 401 g/mol. The van der Waals surface area contributed by atoms with Crippen molar-refractivity contribution in [2.75, 3.05) is 18.1 Å². The fraction of sp³-hybridized carbons (Fsp3) is 0.182. The minimum atomic E-state index is -0.224. The van der Waals surface area contributed by atoms with E-state index in [4.69, 9.17) is 10.7 Å². The van der Waals surface area contributed by atoms with E-state index >= 15 is 0 Å². The van der Waals surface area contributed by atoms with Crippen molar-refractivity contribution < 1.29 is 4.79 Å². The van der Waals surface area contributed by atoms with Crippen LogP contribution >= 0.6 is 0 Å². The number of carbonyl (C=O) groups excluding carboxylic acids is 1. The molecule has 30 heavy (non-hydrogen) atoms. The molecule has 0 saturated heterocycles. The first-order chi connectivity index (χ1) is 14.5. The Morgan fingerprint density at radius 3 is 2.57 bits per heavy atom. The maximum atomic E-state index is 12.5. The van der Waals surface area contributed by atoms with E-state index in [-0.39, 0.29) is 11.9 Å². The summed E-state index contributed by atoms with van der Waals surface area (Å²) in [4.78, 5) is 25.8. The smallest absolute Gasteiger partial charge is 0.256 e. The van der Waals surface area contributed by atoms with Gasteiger partial charge in [-0.15, -0.1) is 0 Å². The molecule has 8 heteroatoms. The van der Waals surface area contributed by atoms with Crippen LogP contribution in [0.15, 0.2) is 55.0 Å². The van der Waals surface area contributed by atoms with Crippen LogP contribution in [0.5, 0.6) is 0 Å². The van der Waals surface area contributed by atoms with Crippen LogP contribution in [0.25, 0.3) is 16.8 Å². The largest absolute Gasteiger partial charge is 0.382 e. The normalized spacial score (nSPS) is 12.1. The number of aromatic nitrogens is 4. The first-order valence-corrected chi connectivity index (χ1v) is 9.62. The zero-order chi connectivity index (χ0) is 21.3. The fourth-order valence-corrected chi connectivity index (χ4v) is 3.23. The number of imidazole rings is 1. The van der Waals surface area contributed by atoms with Crippen molar-refractivity contribution in [3.8, 4) is 11.3 Å². The molecule has 3 aromatic heterocycles. The second kappa shape index (κ2) is 7.92. The number of nitrogens with zero attached hydrogens (tertiary/aromatic N) is 4. The zero-order valence-corrected chi connectivity index (χ0v) is 17.0. The maximum absolute atomic E-state index is 12.5. The molecule has 0 aliphatic carbocycles. The first kappa shape index (κ1) is 19.5. The summed E-state index contributed by atoms with van der Waals surface area (Å²) < 4.78 is 1.95. The van der Waals surface area contributed by atoms with E-state index in [9.17, 15) is 4.79 Å². The molecule has 0 radical (unpaired) electrons. The van der Waals surface area contributed by atoms with Crippen LogP contribution < -0.4 is 16.4 Å². The van der Waals surface area contributed by atoms with Gasteiger partial charge in [-0.1, -0.05) is 18.2 Å². The van der Waals surface area contributed by atoms with Crippen molar-refractivity contribution in [2.45, 2.75) is 19.9 Å². The lowest BCUT2D eigenvalue weighted by molar-refractivity contribution is 0.102. The molecule has 0 bridgehead atoms. The third-order valence-electron chi connectivity index (χ3n) is 5.00. The maximum Gasteiger partial charge on any atom is 0.256 e. The summed E-state index contributed by atoms with van der Waals surface area (Å²) >= 11 is 0. The number of hydrogen-bond acceptors (Lipinski definition) is 6. The Bertz CT molecular complexity index is 1200. The lowest BCUT2D eigenvalue weighted by Crippen LogP contribution is -2.15. The number of pyridine rings is 1. The molecule has 1 unspecified atom stereocenters. The van der Waals surface area contributed by atoms with Crippen molar-refractivity contribution in [1.82, 2.24) is 24.7 Å². The average molecular weight is 401 g/mol. The van der Waals surface area contributed by atoms with Gasteiger partial charge in [-0.2, -0.15) is 0 Å². The van der Waals surface area contributed by atoms with Crippen molar-refractivity contribution in [3.05, 3.63) is 71.9 Å². The number of nitrogen functional groups attached to an aromatic ring is 1. The minimum absolute atomic E-state index is 0.0279. The highest BCUT2D eigenvalue weighted by Crippen LogP contribution is 2.30. The van der Waals surface area contributed by atoms with Gasteiger partial charge in [0.1, 0.15) is 28.7 Å². The Labute approximate surface area is 174 Å². The summed E-state index contributed by atoms with van der Waals surface area (Å²) in [6.45, 7) is 3.98. The zero-order valence-electron chi connectivity index (χ0n) is 17.0. The molecular formula is C22H23N7O. The molecule has 0 fully saturated rings. The van der Waals surface area contributed by atoms with Crippen molar-refractivity contribution in [2.24, 2.45) is 0 Å². The van der Waals surface area contributed by atoms with Crippen molar-refractivity contribution >= 4 is 23.1 Å². The van der Waals surface area contributed by atoms with E-state index in [0.717, 1.165) is 28.2 Å². The summed E-state index contributed by atoms with van der Waals surface area (Å²) in [5.74, 6) is 1.53. The molecule has 0 saturated carbocycles. The second-order valence-electron chi connectivity index (χ2n) is 7.11. The van der Waals surface area contributed by atoms with Gasteiger partial charge in [-0.05, 0) is 44.7 Å². The molecule has 4 N–H and O–H groups in total. The van der Waals surface area contributed by atoms with E-state index in [0.29, 0.717) is 17.2 Å². The van der Waals surface area contributed by atoms with Gasteiger partial charge < -0.3 is 16.4 Å². The number of rotatable bonds is 5. The van der Waals surface area contributed by atoms with Gasteiger partial charge in [0.25, 0.3) is 5.91 Å². The van der Waals surface area contributed by atoms with E-state index < -0.39 is 0 Å². The van der Waals surface area contributed by atoms with E-state index in [1.165, 1.54) is 0 Å². The highest BCUT2D eigenvalue weighted by molar-refractivity contribution is 6.04. The van der Waals surface area contributed by atoms with Crippen LogP contribution in [0.2, 0.25) is 0 Å². The van der Waals surface area contributed by atoms with Gasteiger partial charge >= 0.3 is 0 Å². The average Bonchev–Trinajstić information content (AvgIpc) is 3.16. The molecular weight excluding hydrogens is 378 g/mol. The number of nitrogens with one attached hydrogen (secondary N) is 2. The van der Waals surface area contributed by atoms with Gasteiger partial charge in [0.05, 0.1) is 6.04 Å². The van der Waals surface area contributed by atoms with Crippen LogP contribution in [0.3, 0.4) is 0 Å². The highest BCUT2D eigenvalue weighted by atomic mass is 16.1. The van der Waals surface area contributed by atoms with Crippen molar-refractivity contribution in [3.63, 3.8) is 0 Å². The van der Waals surface area contributed by atoms with Crippen LogP contribution in [0.1, 0.15) is 34.7 Å². The van der Waals surface area contributed by atoms with Crippen LogP contribution in [0, 0.1) is 6.92 Å². The summed E-state index contributed by atoms with van der Waals surface area (Å²) in [5.41, 5.74) is 10.0. The van der Waals surface area contributed by atoms with Gasteiger partial charge in [0, 0.05) is 29.7 Å². The molecule has 1 aromatic carbocycles. The Morgan fingerprint density at radius 1 is 1.13 bits per heavy atom. The van der Waals surface area contributed by atoms with E-state index in [1.54, 1.807) is 30.6 Å². The molecule has 4 aromatic rings. The van der Waals surface area contributed by atoms with Crippen LogP contribution in [-0.2, 0) is 0 Å². The number of aryl methyl sites for hydroxylation is 1.